The second-order valence-electron chi connectivity index (χ2n) is 6.97. The molecule has 0 fully saturated rings. The van der Waals surface area contributed by atoms with Crippen LogP contribution in [0.3, 0.4) is 0 Å². The topological polar surface area (TPSA) is 50.7 Å². The molecule has 0 aromatic heterocycles. The van der Waals surface area contributed by atoms with Gasteiger partial charge in [0.25, 0.3) is 0 Å². The molecule has 2 aromatic carbocycles. The van der Waals surface area contributed by atoms with Gasteiger partial charge in [0.2, 0.25) is 0 Å². The Balaban J connectivity index is 1.52. The van der Waals surface area contributed by atoms with Crippen molar-refractivity contribution in [2.45, 2.75) is 32.1 Å². The van der Waals surface area contributed by atoms with Gasteiger partial charge in [-0.15, -0.1) is 0 Å². The van der Waals surface area contributed by atoms with Crippen LogP contribution in [0.2, 0.25) is 0 Å². The van der Waals surface area contributed by atoms with Crippen molar-refractivity contribution < 1.29 is 9.53 Å². The smallest absolute Gasteiger partial charge is 0.433 e. The molecule has 0 atom stereocenters. The average Bonchev–Trinajstić information content (AvgIpc) is 2.60. The summed E-state index contributed by atoms with van der Waals surface area (Å²) in [5, 5.41) is 3.47. The SMILES string of the molecule is CC1(C)CCNc2cc(CCOC(=O)N=Cc3ccccc3)ccc21. The van der Waals surface area contributed by atoms with E-state index >= 15 is 0 Å². The summed E-state index contributed by atoms with van der Waals surface area (Å²) in [5.74, 6) is 0. The Morgan fingerprint density at radius 1 is 1.24 bits per heavy atom. The maximum Gasteiger partial charge on any atom is 0.433 e. The van der Waals surface area contributed by atoms with Crippen molar-refractivity contribution in [3.05, 3.63) is 65.2 Å². The Morgan fingerprint density at radius 2 is 2.04 bits per heavy atom. The molecule has 1 N–H and O–H groups in total. The molecule has 0 radical (unpaired) electrons. The number of hydrogen-bond acceptors (Lipinski definition) is 3. The van der Waals surface area contributed by atoms with Gasteiger partial charge in [-0.2, -0.15) is 4.99 Å². The number of carbonyl (C=O) groups excluding carboxylic acids is 1. The van der Waals surface area contributed by atoms with E-state index in [1.54, 1.807) is 0 Å². The summed E-state index contributed by atoms with van der Waals surface area (Å²) < 4.78 is 5.20. The summed E-state index contributed by atoms with van der Waals surface area (Å²) in [6, 6.07) is 16.0. The van der Waals surface area contributed by atoms with Crippen molar-refractivity contribution in [3.63, 3.8) is 0 Å². The monoisotopic (exact) mass is 336 g/mol. The van der Waals surface area contributed by atoms with E-state index in [1.165, 1.54) is 17.5 Å². The van der Waals surface area contributed by atoms with Gasteiger partial charge < -0.3 is 10.1 Å². The fourth-order valence-electron chi connectivity index (χ4n) is 3.09. The standard InChI is InChI=1S/C21H24N2O2/c1-21(2)11-12-22-19-14-16(8-9-18(19)21)10-13-25-20(24)23-15-17-6-4-3-5-7-17/h3-9,14-15,22H,10-13H2,1-2H3. The zero-order valence-corrected chi connectivity index (χ0v) is 14.8. The van der Waals surface area contributed by atoms with Crippen LogP contribution in [-0.4, -0.2) is 25.5 Å². The van der Waals surface area contributed by atoms with E-state index in [0.717, 1.165) is 24.1 Å². The summed E-state index contributed by atoms with van der Waals surface area (Å²) >= 11 is 0. The molecule has 25 heavy (non-hydrogen) atoms. The second kappa shape index (κ2) is 7.51. The Labute approximate surface area is 148 Å². The molecule has 1 aliphatic rings. The molecule has 4 nitrogen and oxygen atoms in total. The molecule has 4 heteroatoms. The minimum Gasteiger partial charge on any atom is -0.448 e. The van der Waals surface area contributed by atoms with Crippen LogP contribution in [0.4, 0.5) is 10.5 Å². The Kier molecular flexibility index (Phi) is 5.17. The van der Waals surface area contributed by atoms with Gasteiger partial charge in [-0.3, -0.25) is 0 Å². The first-order valence-electron chi connectivity index (χ1n) is 8.68. The van der Waals surface area contributed by atoms with E-state index in [-0.39, 0.29) is 5.41 Å². The number of aliphatic imine (C=N–C) groups is 1. The van der Waals surface area contributed by atoms with E-state index in [0.29, 0.717) is 13.0 Å². The van der Waals surface area contributed by atoms with Crippen molar-refractivity contribution in [2.75, 3.05) is 18.5 Å². The van der Waals surface area contributed by atoms with Crippen LogP contribution in [0.1, 0.15) is 37.0 Å². The molecular weight excluding hydrogens is 312 g/mol. The number of nitrogens with one attached hydrogen (secondary N) is 1. The van der Waals surface area contributed by atoms with E-state index in [9.17, 15) is 4.79 Å². The molecule has 0 saturated heterocycles. The highest BCUT2D eigenvalue weighted by Gasteiger charge is 2.26. The normalized spacial score (nSPS) is 15.4. The third kappa shape index (κ3) is 4.47. The van der Waals surface area contributed by atoms with Crippen molar-refractivity contribution in [1.29, 1.82) is 0 Å². The maximum atomic E-state index is 11.7. The van der Waals surface area contributed by atoms with Gasteiger partial charge in [0, 0.05) is 24.9 Å². The van der Waals surface area contributed by atoms with Gasteiger partial charge in [0.05, 0.1) is 6.61 Å². The largest absolute Gasteiger partial charge is 0.448 e. The molecule has 0 saturated carbocycles. The number of anilines is 1. The molecular formula is C21H24N2O2. The molecule has 0 unspecified atom stereocenters. The number of hydrogen-bond donors (Lipinski definition) is 1. The van der Waals surface area contributed by atoms with Crippen LogP contribution < -0.4 is 5.32 Å². The lowest BCUT2D eigenvalue weighted by Crippen LogP contribution is -2.28. The maximum absolute atomic E-state index is 11.7. The fourth-order valence-corrected chi connectivity index (χ4v) is 3.09. The third-order valence-electron chi connectivity index (χ3n) is 4.61. The first-order chi connectivity index (χ1) is 12.0. The van der Waals surface area contributed by atoms with Crippen molar-refractivity contribution >= 4 is 18.0 Å². The Bertz CT molecular complexity index is 767. The molecule has 2 aromatic rings. The summed E-state index contributed by atoms with van der Waals surface area (Å²) in [6.07, 6.45) is 2.78. The van der Waals surface area contributed by atoms with E-state index < -0.39 is 6.09 Å². The number of benzene rings is 2. The van der Waals surface area contributed by atoms with Gasteiger partial charge in [0.1, 0.15) is 0 Å². The highest BCUT2D eigenvalue weighted by molar-refractivity contribution is 5.88. The van der Waals surface area contributed by atoms with Gasteiger partial charge in [-0.05, 0) is 34.6 Å². The number of carbonyl (C=O) groups is 1. The zero-order valence-electron chi connectivity index (χ0n) is 14.8. The van der Waals surface area contributed by atoms with Crippen molar-refractivity contribution in [3.8, 4) is 0 Å². The van der Waals surface area contributed by atoms with Crippen LogP contribution >= 0.6 is 0 Å². The van der Waals surface area contributed by atoms with Crippen molar-refractivity contribution in [1.82, 2.24) is 0 Å². The predicted octanol–water partition coefficient (Wildman–Crippen LogP) is 4.58. The number of nitrogens with zero attached hydrogens (tertiary/aromatic N) is 1. The van der Waals surface area contributed by atoms with Crippen LogP contribution in [0.5, 0.6) is 0 Å². The molecule has 0 bridgehead atoms. The summed E-state index contributed by atoms with van der Waals surface area (Å²) in [5.41, 5.74) is 4.79. The highest BCUT2D eigenvalue weighted by Crippen LogP contribution is 2.36. The average molecular weight is 336 g/mol. The Morgan fingerprint density at radius 3 is 2.84 bits per heavy atom. The van der Waals surface area contributed by atoms with Crippen LogP contribution in [0.15, 0.2) is 53.5 Å². The molecule has 1 aliphatic heterocycles. The highest BCUT2D eigenvalue weighted by atomic mass is 16.5. The van der Waals surface area contributed by atoms with Gasteiger partial charge in [-0.25, -0.2) is 4.79 Å². The number of rotatable bonds is 4. The molecule has 3 rings (SSSR count). The molecule has 1 amide bonds. The lowest BCUT2D eigenvalue weighted by molar-refractivity contribution is 0.159. The van der Waals surface area contributed by atoms with Crippen LogP contribution in [0.25, 0.3) is 0 Å². The quantitative estimate of drug-likeness (QED) is 0.832. The first kappa shape index (κ1) is 17.2. The number of fused-ring (bicyclic) bond motifs is 1. The number of amides is 1. The third-order valence-corrected chi connectivity index (χ3v) is 4.61. The lowest BCUT2D eigenvalue weighted by atomic mass is 9.78. The van der Waals surface area contributed by atoms with Crippen LogP contribution in [0, 0.1) is 0 Å². The van der Waals surface area contributed by atoms with Gasteiger partial charge >= 0.3 is 6.09 Å². The first-order valence-corrected chi connectivity index (χ1v) is 8.68. The lowest BCUT2D eigenvalue weighted by Gasteiger charge is -2.33. The second-order valence-corrected chi connectivity index (χ2v) is 6.97. The van der Waals surface area contributed by atoms with Gasteiger partial charge in [-0.1, -0.05) is 56.3 Å². The molecule has 130 valence electrons. The summed E-state index contributed by atoms with van der Waals surface area (Å²) in [4.78, 5) is 15.5. The van der Waals surface area contributed by atoms with Gasteiger partial charge in [0.15, 0.2) is 0 Å². The van der Waals surface area contributed by atoms with Crippen LogP contribution in [-0.2, 0) is 16.6 Å². The predicted molar refractivity (Wildman–Crippen MR) is 102 cm³/mol. The zero-order chi connectivity index (χ0) is 17.7. The molecule has 0 spiro atoms. The molecule has 1 heterocycles. The molecule has 0 aliphatic carbocycles. The van der Waals surface area contributed by atoms with Crippen molar-refractivity contribution in [2.24, 2.45) is 4.99 Å². The number of ether oxygens (including phenoxy) is 1. The minimum atomic E-state index is -0.555. The van der Waals surface area contributed by atoms with E-state index in [4.69, 9.17) is 4.74 Å². The summed E-state index contributed by atoms with van der Waals surface area (Å²) in [6.45, 7) is 5.87. The fraction of sp³-hybridized carbons (Fsp3) is 0.333. The van der Waals surface area contributed by atoms with E-state index in [2.05, 4.69) is 42.4 Å². The summed E-state index contributed by atoms with van der Waals surface area (Å²) in [7, 11) is 0. The van der Waals surface area contributed by atoms with E-state index in [1.807, 2.05) is 30.3 Å². The Hall–Kier alpha value is -2.62. The minimum absolute atomic E-state index is 0.206.